The predicted octanol–water partition coefficient (Wildman–Crippen LogP) is 3.02. The van der Waals surface area contributed by atoms with Crippen LogP contribution in [0.15, 0.2) is 11.6 Å². The average Bonchev–Trinajstić information content (AvgIpc) is 2.85. The minimum atomic E-state index is -3.43. The number of aliphatic hydroxyl groups excluding tert-OH is 1. The van der Waals surface area contributed by atoms with Crippen molar-refractivity contribution in [2.75, 3.05) is 6.26 Å². The zero-order valence-electron chi connectivity index (χ0n) is 15.5. The topological polar surface area (TPSA) is 92.7 Å². The third-order valence-electron chi connectivity index (χ3n) is 4.40. The number of esters is 1. The summed E-state index contributed by atoms with van der Waals surface area (Å²) in [4.78, 5) is 11.2. The summed E-state index contributed by atoms with van der Waals surface area (Å²) >= 11 is 0. The number of nitrogens with one attached hydrogen (secondary N) is 1. The highest BCUT2D eigenvalue weighted by atomic mass is 32.2. The highest BCUT2D eigenvalue weighted by Crippen LogP contribution is 2.22. The van der Waals surface area contributed by atoms with Crippen molar-refractivity contribution < 1.29 is 23.1 Å². The molecule has 1 rings (SSSR count). The fourth-order valence-electron chi connectivity index (χ4n) is 3.08. The van der Waals surface area contributed by atoms with E-state index in [1.54, 1.807) is 0 Å². The second kappa shape index (κ2) is 11.6. The number of carbonyl (C=O) groups is 1. The second-order valence-corrected chi connectivity index (χ2v) is 8.63. The Labute approximate surface area is 152 Å². The fraction of sp³-hybridized carbons (Fsp3) is 0.833. The van der Waals surface area contributed by atoms with Crippen LogP contribution in [0.2, 0.25) is 0 Å². The normalized spacial score (nSPS) is 18.9. The number of sulfonamides is 1. The smallest absolute Gasteiger partial charge is 0.333 e. The Morgan fingerprint density at radius 3 is 2.04 bits per heavy atom. The van der Waals surface area contributed by atoms with Gasteiger partial charge in [-0.3, -0.25) is 0 Å². The number of aliphatic hydroxyl groups is 1. The molecular formula is C18H33NO5S. The average molecular weight is 376 g/mol. The molecule has 0 bridgehead atoms. The Bertz CT molecular complexity index is 530. The van der Waals surface area contributed by atoms with Gasteiger partial charge in [0.15, 0.2) is 0 Å². The van der Waals surface area contributed by atoms with Crippen molar-refractivity contribution in [3.63, 3.8) is 0 Å². The summed E-state index contributed by atoms with van der Waals surface area (Å²) in [6, 6.07) is -0.592. The molecule has 0 saturated carbocycles. The molecule has 146 valence electrons. The van der Waals surface area contributed by atoms with Gasteiger partial charge in [-0.05, 0) is 6.42 Å². The van der Waals surface area contributed by atoms with E-state index in [0.717, 1.165) is 25.5 Å². The molecule has 0 amide bonds. The van der Waals surface area contributed by atoms with E-state index >= 15 is 0 Å². The van der Waals surface area contributed by atoms with E-state index in [2.05, 4.69) is 16.4 Å². The lowest BCUT2D eigenvalue weighted by atomic mass is 10.00. The Kier molecular flexibility index (Phi) is 10.3. The third-order valence-corrected chi connectivity index (χ3v) is 5.12. The Morgan fingerprint density at radius 1 is 1.08 bits per heavy atom. The van der Waals surface area contributed by atoms with Crippen LogP contribution in [0.1, 0.15) is 77.6 Å². The maximum Gasteiger partial charge on any atom is 0.333 e. The molecule has 0 aromatic rings. The Morgan fingerprint density at radius 2 is 1.60 bits per heavy atom. The summed E-state index contributed by atoms with van der Waals surface area (Å²) in [5, 5.41) is 9.74. The van der Waals surface area contributed by atoms with Crippen molar-refractivity contribution in [1.29, 1.82) is 0 Å². The molecule has 0 spiro atoms. The van der Waals surface area contributed by atoms with Crippen LogP contribution in [0.5, 0.6) is 0 Å². The third kappa shape index (κ3) is 9.97. The number of cyclic esters (lactones) is 1. The first-order valence-electron chi connectivity index (χ1n) is 9.41. The van der Waals surface area contributed by atoms with Crippen LogP contribution in [-0.4, -0.2) is 38.1 Å². The summed E-state index contributed by atoms with van der Waals surface area (Å²) in [5.41, 5.74) is 0.298. The van der Waals surface area contributed by atoms with Gasteiger partial charge in [0, 0.05) is 17.7 Å². The van der Waals surface area contributed by atoms with E-state index < -0.39 is 28.3 Å². The first kappa shape index (κ1) is 22.1. The lowest BCUT2D eigenvalue weighted by Gasteiger charge is -2.20. The van der Waals surface area contributed by atoms with Crippen molar-refractivity contribution >= 4 is 16.0 Å². The molecule has 1 aliphatic rings. The van der Waals surface area contributed by atoms with Gasteiger partial charge in [-0.15, -0.1) is 0 Å². The van der Waals surface area contributed by atoms with Crippen molar-refractivity contribution in [2.45, 2.75) is 89.9 Å². The zero-order chi connectivity index (χ0) is 18.7. The van der Waals surface area contributed by atoms with E-state index in [1.165, 1.54) is 51.0 Å². The van der Waals surface area contributed by atoms with E-state index in [-0.39, 0.29) is 0 Å². The maximum absolute atomic E-state index is 11.5. The van der Waals surface area contributed by atoms with Crippen molar-refractivity contribution in [3.8, 4) is 0 Å². The first-order valence-corrected chi connectivity index (χ1v) is 11.3. The van der Waals surface area contributed by atoms with Crippen LogP contribution in [0.25, 0.3) is 0 Å². The van der Waals surface area contributed by atoms with Gasteiger partial charge in [-0.1, -0.05) is 71.1 Å². The molecule has 2 atom stereocenters. The number of unbranched alkanes of at least 4 members (excludes halogenated alkanes) is 9. The molecule has 2 N–H and O–H groups in total. The molecule has 0 aliphatic carbocycles. The highest BCUT2D eigenvalue weighted by molar-refractivity contribution is 7.88. The van der Waals surface area contributed by atoms with Gasteiger partial charge in [0.25, 0.3) is 0 Å². The van der Waals surface area contributed by atoms with Crippen LogP contribution < -0.4 is 4.72 Å². The molecule has 0 aromatic carbocycles. The monoisotopic (exact) mass is 375 g/mol. The summed E-state index contributed by atoms with van der Waals surface area (Å²) in [6.45, 7) is 2.22. The molecule has 1 aliphatic heterocycles. The Balaban J connectivity index is 2.27. The summed E-state index contributed by atoms with van der Waals surface area (Å²) < 4.78 is 30.2. The van der Waals surface area contributed by atoms with Crippen molar-refractivity contribution in [2.24, 2.45) is 0 Å². The first-order chi connectivity index (χ1) is 11.8. The number of ether oxygens (including phenoxy) is 1. The van der Waals surface area contributed by atoms with E-state index in [9.17, 15) is 18.3 Å². The molecule has 7 heteroatoms. The SMILES string of the molecule is CCCCCCCCCCCCC(NS(C)(=O)=O)C1=CC(=O)OC1O. The molecular weight excluding hydrogens is 342 g/mol. The van der Waals surface area contributed by atoms with Gasteiger partial charge >= 0.3 is 5.97 Å². The summed E-state index contributed by atoms with van der Waals surface area (Å²) in [6.07, 6.45) is 13.4. The van der Waals surface area contributed by atoms with Crippen molar-refractivity contribution in [3.05, 3.63) is 11.6 Å². The Hall–Kier alpha value is -0.920. The summed E-state index contributed by atoms with van der Waals surface area (Å²) in [5.74, 6) is -0.633. The van der Waals surface area contributed by atoms with Crippen molar-refractivity contribution in [1.82, 2.24) is 4.72 Å². The zero-order valence-corrected chi connectivity index (χ0v) is 16.3. The minimum Gasteiger partial charge on any atom is -0.429 e. The highest BCUT2D eigenvalue weighted by Gasteiger charge is 2.31. The van der Waals surface area contributed by atoms with Gasteiger partial charge < -0.3 is 9.84 Å². The number of carbonyl (C=O) groups excluding carboxylic acids is 1. The lowest BCUT2D eigenvalue weighted by molar-refractivity contribution is -0.151. The number of hydrogen-bond donors (Lipinski definition) is 2. The molecule has 2 unspecified atom stereocenters. The van der Waals surface area contributed by atoms with E-state index in [1.807, 2.05) is 0 Å². The van der Waals surface area contributed by atoms with Gasteiger partial charge in [-0.25, -0.2) is 17.9 Å². The van der Waals surface area contributed by atoms with Gasteiger partial charge in [0.1, 0.15) is 0 Å². The molecule has 0 aromatic heterocycles. The standard InChI is InChI=1S/C18H33NO5S/c1-3-4-5-6-7-8-9-10-11-12-13-16(19-25(2,22)23)15-14-17(20)24-18(15)21/h14,16,18-19,21H,3-13H2,1-2H3. The second-order valence-electron chi connectivity index (χ2n) is 6.85. The fourth-order valence-corrected chi connectivity index (χ4v) is 3.85. The quantitative estimate of drug-likeness (QED) is 0.360. The molecule has 0 fully saturated rings. The minimum absolute atomic E-state index is 0.298. The van der Waals surface area contributed by atoms with Gasteiger partial charge in [0.2, 0.25) is 16.3 Å². The van der Waals surface area contributed by atoms with E-state index in [4.69, 9.17) is 0 Å². The van der Waals surface area contributed by atoms with Crippen LogP contribution in [-0.2, 0) is 19.6 Å². The number of hydrogen-bond acceptors (Lipinski definition) is 5. The molecule has 0 radical (unpaired) electrons. The van der Waals surface area contributed by atoms with Gasteiger partial charge in [-0.2, -0.15) is 0 Å². The van der Waals surface area contributed by atoms with Gasteiger partial charge in [0.05, 0.1) is 6.26 Å². The van der Waals surface area contributed by atoms with E-state index in [0.29, 0.717) is 12.0 Å². The van der Waals surface area contributed by atoms with Crippen LogP contribution in [0.4, 0.5) is 0 Å². The van der Waals surface area contributed by atoms with Crippen LogP contribution in [0.3, 0.4) is 0 Å². The largest absolute Gasteiger partial charge is 0.429 e. The maximum atomic E-state index is 11.5. The molecule has 6 nitrogen and oxygen atoms in total. The van der Waals surface area contributed by atoms with Crippen LogP contribution >= 0.6 is 0 Å². The molecule has 25 heavy (non-hydrogen) atoms. The molecule has 0 saturated heterocycles. The molecule has 1 heterocycles. The summed E-state index contributed by atoms with van der Waals surface area (Å²) in [7, 11) is -3.43. The predicted molar refractivity (Wildman–Crippen MR) is 98.4 cm³/mol. The number of rotatable bonds is 14. The van der Waals surface area contributed by atoms with Crippen LogP contribution in [0, 0.1) is 0 Å². The lowest BCUT2D eigenvalue weighted by Crippen LogP contribution is -2.38.